The van der Waals surface area contributed by atoms with Gasteiger partial charge < -0.3 is 14.1 Å². The standard InChI is InChI=1S/C19H17Cl2N2O2/c1-3-22-14-9-12(20)5-7-16(14)24-18(22)11-19-23(4-2)15-10-13(21)6-8-17(15)25-19/h5-11H,3-4H2,1-2H3/q+1. The zero-order chi connectivity index (χ0) is 17.6. The second-order valence-electron chi connectivity index (χ2n) is 5.74. The maximum atomic E-state index is 6.13. The number of nitrogens with zero attached hydrogens (tertiary/aromatic N) is 2. The molecule has 0 atom stereocenters. The van der Waals surface area contributed by atoms with E-state index in [9.17, 15) is 0 Å². The van der Waals surface area contributed by atoms with Gasteiger partial charge in [-0.15, -0.1) is 0 Å². The summed E-state index contributed by atoms with van der Waals surface area (Å²) in [4.78, 5) is 2.07. The molecule has 6 heteroatoms. The Bertz CT molecular complexity index is 994. The molecule has 0 unspecified atom stereocenters. The first kappa shape index (κ1) is 16.3. The Morgan fingerprint density at radius 2 is 1.84 bits per heavy atom. The second kappa shape index (κ2) is 6.28. The van der Waals surface area contributed by atoms with E-state index in [1.807, 2.05) is 42.5 Å². The van der Waals surface area contributed by atoms with Crippen molar-refractivity contribution in [3.8, 4) is 5.75 Å². The molecule has 4 rings (SSSR count). The lowest BCUT2D eigenvalue weighted by Gasteiger charge is -2.14. The van der Waals surface area contributed by atoms with Crippen LogP contribution in [0.5, 0.6) is 5.75 Å². The van der Waals surface area contributed by atoms with E-state index in [1.165, 1.54) is 0 Å². The lowest BCUT2D eigenvalue weighted by Crippen LogP contribution is -2.34. The topological polar surface area (TPSA) is 29.5 Å². The molecule has 25 heavy (non-hydrogen) atoms. The number of anilines is 1. The van der Waals surface area contributed by atoms with Gasteiger partial charge in [0.1, 0.15) is 12.6 Å². The minimum absolute atomic E-state index is 0.684. The number of aromatic nitrogens is 1. The fourth-order valence-electron chi connectivity index (χ4n) is 3.12. The highest BCUT2D eigenvalue weighted by Crippen LogP contribution is 2.40. The van der Waals surface area contributed by atoms with Crippen molar-refractivity contribution in [3.05, 3.63) is 58.2 Å². The molecule has 128 valence electrons. The smallest absolute Gasteiger partial charge is 0.379 e. The molecule has 0 spiro atoms. The molecule has 3 aromatic rings. The van der Waals surface area contributed by atoms with Crippen LogP contribution in [0, 0.1) is 0 Å². The quantitative estimate of drug-likeness (QED) is 0.584. The van der Waals surface area contributed by atoms with Crippen LogP contribution in [0.1, 0.15) is 19.7 Å². The summed E-state index contributed by atoms with van der Waals surface area (Å²) in [5.74, 6) is 2.22. The molecule has 0 saturated heterocycles. The average molecular weight is 376 g/mol. The molecule has 0 aliphatic carbocycles. The third kappa shape index (κ3) is 2.75. The minimum atomic E-state index is 0.684. The van der Waals surface area contributed by atoms with E-state index >= 15 is 0 Å². The molecule has 0 N–H and O–H groups in total. The monoisotopic (exact) mass is 375 g/mol. The van der Waals surface area contributed by atoms with E-state index in [-0.39, 0.29) is 0 Å². The number of hydrogen-bond donors (Lipinski definition) is 0. The molecular weight excluding hydrogens is 359 g/mol. The van der Waals surface area contributed by atoms with Gasteiger partial charge in [-0.3, -0.25) is 0 Å². The number of rotatable bonds is 3. The summed E-state index contributed by atoms with van der Waals surface area (Å²) < 4.78 is 14.1. The van der Waals surface area contributed by atoms with Crippen LogP contribution in [-0.4, -0.2) is 6.54 Å². The number of aryl methyl sites for hydroxylation is 1. The van der Waals surface area contributed by atoms with Crippen molar-refractivity contribution in [3.63, 3.8) is 0 Å². The van der Waals surface area contributed by atoms with Gasteiger partial charge in [-0.25, -0.2) is 0 Å². The predicted molar refractivity (Wildman–Crippen MR) is 100 cm³/mol. The van der Waals surface area contributed by atoms with Crippen LogP contribution in [0.15, 0.2) is 46.7 Å². The maximum absolute atomic E-state index is 6.13. The van der Waals surface area contributed by atoms with Crippen LogP contribution in [-0.2, 0) is 6.54 Å². The molecule has 1 aliphatic heterocycles. The van der Waals surface area contributed by atoms with E-state index < -0.39 is 0 Å². The van der Waals surface area contributed by atoms with Gasteiger partial charge in [0.05, 0.1) is 5.69 Å². The second-order valence-corrected chi connectivity index (χ2v) is 6.61. The van der Waals surface area contributed by atoms with E-state index in [0.29, 0.717) is 21.8 Å². The van der Waals surface area contributed by atoms with Gasteiger partial charge in [0, 0.05) is 22.7 Å². The maximum Gasteiger partial charge on any atom is 0.379 e. The van der Waals surface area contributed by atoms with Gasteiger partial charge in [-0.05, 0) is 44.2 Å². The number of fused-ring (bicyclic) bond motifs is 2. The largest absolute Gasteiger partial charge is 0.438 e. The highest BCUT2D eigenvalue weighted by Gasteiger charge is 2.28. The van der Waals surface area contributed by atoms with Gasteiger partial charge >= 0.3 is 5.89 Å². The Morgan fingerprint density at radius 1 is 1.08 bits per heavy atom. The number of benzene rings is 2. The van der Waals surface area contributed by atoms with Crippen LogP contribution in [0.3, 0.4) is 0 Å². The Hall–Kier alpha value is -2.17. The average Bonchev–Trinajstić information content (AvgIpc) is 3.11. The summed E-state index contributed by atoms with van der Waals surface area (Å²) in [5.41, 5.74) is 2.71. The summed E-state index contributed by atoms with van der Waals surface area (Å²) in [6.07, 6.45) is 1.91. The van der Waals surface area contributed by atoms with Crippen molar-refractivity contribution in [1.29, 1.82) is 0 Å². The zero-order valence-electron chi connectivity index (χ0n) is 13.9. The molecular formula is C19H17Cl2N2O2+. The fourth-order valence-corrected chi connectivity index (χ4v) is 3.45. The van der Waals surface area contributed by atoms with Gasteiger partial charge in [-0.1, -0.05) is 23.2 Å². The van der Waals surface area contributed by atoms with Gasteiger partial charge in [0.15, 0.2) is 5.75 Å². The molecule has 0 saturated carbocycles. The van der Waals surface area contributed by atoms with E-state index in [0.717, 1.165) is 35.6 Å². The zero-order valence-corrected chi connectivity index (χ0v) is 15.4. The summed E-state index contributed by atoms with van der Waals surface area (Å²) in [6, 6.07) is 11.2. The first-order valence-corrected chi connectivity index (χ1v) is 8.94. The van der Waals surface area contributed by atoms with Gasteiger partial charge in [-0.2, -0.15) is 4.57 Å². The van der Waals surface area contributed by atoms with Crippen LogP contribution >= 0.6 is 23.2 Å². The molecule has 0 fully saturated rings. The molecule has 0 bridgehead atoms. The van der Waals surface area contributed by atoms with E-state index in [4.69, 9.17) is 32.4 Å². The third-order valence-corrected chi connectivity index (χ3v) is 4.73. The molecule has 0 amide bonds. The predicted octanol–water partition coefficient (Wildman–Crippen LogP) is 5.26. The van der Waals surface area contributed by atoms with Gasteiger partial charge in [0.2, 0.25) is 11.5 Å². The minimum Gasteiger partial charge on any atom is -0.438 e. The molecule has 1 aliphatic rings. The lowest BCUT2D eigenvalue weighted by molar-refractivity contribution is -0.674. The Labute approximate surface area is 155 Å². The molecule has 0 radical (unpaired) electrons. The molecule has 2 aromatic carbocycles. The first-order chi connectivity index (χ1) is 12.1. The Balaban J connectivity index is 1.82. The molecule has 2 heterocycles. The van der Waals surface area contributed by atoms with Crippen molar-refractivity contribution in [1.82, 2.24) is 0 Å². The normalized spacial score (nSPS) is 15.0. The van der Waals surface area contributed by atoms with Crippen molar-refractivity contribution >= 4 is 46.1 Å². The van der Waals surface area contributed by atoms with Crippen molar-refractivity contribution in [2.75, 3.05) is 11.4 Å². The summed E-state index contributed by atoms with van der Waals surface area (Å²) in [5, 5.41) is 1.37. The number of ether oxygens (including phenoxy) is 1. The number of oxazole rings is 1. The van der Waals surface area contributed by atoms with Crippen LogP contribution in [0.4, 0.5) is 5.69 Å². The number of hydrogen-bond acceptors (Lipinski definition) is 3. The Morgan fingerprint density at radius 3 is 2.60 bits per heavy atom. The van der Waals surface area contributed by atoms with Crippen LogP contribution in [0.25, 0.3) is 17.2 Å². The van der Waals surface area contributed by atoms with Gasteiger partial charge in [0.25, 0.3) is 5.52 Å². The van der Waals surface area contributed by atoms with E-state index in [2.05, 4.69) is 23.3 Å². The fraction of sp³-hybridized carbons (Fsp3) is 0.211. The van der Waals surface area contributed by atoms with Crippen molar-refractivity contribution in [2.24, 2.45) is 0 Å². The highest BCUT2D eigenvalue weighted by atomic mass is 35.5. The summed E-state index contributed by atoms with van der Waals surface area (Å²) in [6.45, 7) is 5.66. The first-order valence-electron chi connectivity index (χ1n) is 8.19. The SMILES string of the molecule is CCN1C(=Cc2oc3ccc(Cl)cc3[n+]2CC)Oc2ccc(Cl)cc21. The van der Waals surface area contributed by atoms with Crippen molar-refractivity contribution in [2.45, 2.75) is 20.4 Å². The lowest BCUT2D eigenvalue weighted by atomic mass is 10.3. The van der Waals surface area contributed by atoms with Crippen LogP contribution in [0.2, 0.25) is 10.0 Å². The summed E-state index contributed by atoms with van der Waals surface area (Å²) >= 11 is 12.3. The highest BCUT2D eigenvalue weighted by molar-refractivity contribution is 6.31. The van der Waals surface area contributed by atoms with Crippen molar-refractivity contribution < 1.29 is 13.7 Å². The summed E-state index contributed by atoms with van der Waals surface area (Å²) in [7, 11) is 0. The van der Waals surface area contributed by atoms with Crippen LogP contribution < -0.4 is 14.2 Å². The molecule has 4 nitrogen and oxygen atoms in total. The van der Waals surface area contributed by atoms with E-state index in [1.54, 1.807) is 0 Å². The number of halogens is 2. The molecule has 1 aromatic heterocycles. The Kier molecular flexibility index (Phi) is 4.10. The third-order valence-electron chi connectivity index (χ3n) is 4.26.